The zero-order valence-electron chi connectivity index (χ0n) is 14.7. The van der Waals surface area contributed by atoms with Crippen molar-refractivity contribution in [3.8, 4) is 0 Å². The summed E-state index contributed by atoms with van der Waals surface area (Å²) in [5.74, 6) is -0.602. The first-order valence-electron chi connectivity index (χ1n) is 8.63. The van der Waals surface area contributed by atoms with Gasteiger partial charge in [0.15, 0.2) is 0 Å². The van der Waals surface area contributed by atoms with Crippen LogP contribution in [0.3, 0.4) is 0 Å². The summed E-state index contributed by atoms with van der Waals surface area (Å²) in [6.07, 6.45) is 3.18. The van der Waals surface area contributed by atoms with E-state index in [0.717, 1.165) is 19.3 Å². The second kappa shape index (κ2) is 7.00. The first kappa shape index (κ1) is 17.5. The van der Waals surface area contributed by atoms with Crippen molar-refractivity contribution in [1.82, 2.24) is 0 Å². The van der Waals surface area contributed by atoms with Crippen LogP contribution in [0.1, 0.15) is 39.0 Å². The van der Waals surface area contributed by atoms with Gasteiger partial charge >= 0.3 is 11.6 Å². The molecule has 1 amide bonds. The number of hydrogen-bond acceptors (Lipinski definition) is 6. The number of rotatable bonds is 4. The molecule has 1 aromatic carbocycles. The molecular formula is C20H17NO5S. The molecular weight excluding hydrogens is 366 g/mol. The number of carbonyl (C=O) groups excluding carboxylic acids is 2. The summed E-state index contributed by atoms with van der Waals surface area (Å²) in [5, 5.41) is 3.30. The third-order valence-corrected chi connectivity index (χ3v) is 5.67. The number of amides is 1. The third-order valence-electron chi connectivity index (χ3n) is 4.46. The summed E-state index contributed by atoms with van der Waals surface area (Å²) in [7, 11) is 0. The van der Waals surface area contributed by atoms with Gasteiger partial charge in [0, 0.05) is 40.6 Å². The van der Waals surface area contributed by atoms with Crippen molar-refractivity contribution in [2.75, 3.05) is 5.32 Å². The molecule has 7 heteroatoms. The van der Waals surface area contributed by atoms with Gasteiger partial charge in [0.05, 0.1) is 0 Å². The van der Waals surface area contributed by atoms with Crippen molar-refractivity contribution in [2.45, 2.75) is 32.8 Å². The number of ether oxygens (including phenoxy) is 1. The van der Waals surface area contributed by atoms with Gasteiger partial charge in [0.2, 0.25) is 5.91 Å². The lowest BCUT2D eigenvalue weighted by atomic mass is 10.1. The molecule has 0 bridgehead atoms. The number of thiophene rings is 1. The lowest BCUT2D eigenvalue weighted by Gasteiger charge is -2.08. The Kier molecular flexibility index (Phi) is 4.53. The van der Waals surface area contributed by atoms with Crippen LogP contribution in [-0.4, -0.2) is 11.9 Å². The van der Waals surface area contributed by atoms with Crippen molar-refractivity contribution in [2.24, 2.45) is 0 Å². The Balaban J connectivity index is 1.56. The number of esters is 1. The Bertz CT molecular complexity index is 1090. The van der Waals surface area contributed by atoms with Crippen LogP contribution in [0.5, 0.6) is 0 Å². The highest BCUT2D eigenvalue weighted by atomic mass is 32.1. The minimum absolute atomic E-state index is 0.0248. The van der Waals surface area contributed by atoms with Gasteiger partial charge in [-0.25, -0.2) is 9.59 Å². The lowest BCUT2D eigenvalue weighted by molar-refractivity contribution is -0.114. The zero-order valence-corrected chi connectivity index (χ0v) is 15.5. The summed E-state index contributed by atoms with van der Waals surface area (Å²) in [4.78, 5) is 37.3. The van der Waals surface area contributed by atoms with E-state index in [-0.39, 0.29) is 18.5 Å². The molecule has 0 fully saturated rings. The molecule has 27 heavy (non-hydrogen) atoms. The van der Waals surface area contributed by atoms with Gasteiger partial charge in [-0.2, -0.15) is 0 Å². The Morgan fingerprint density at radius 2 is 2.07 bits per heavy atom. The van der Waals surface area contributed by atoms with E-state index in [4.69, 9.17) is 9.15 Å². The van der Waals surface area contributed by atoms with Crippen molar-refractivity contribution >= 4 is 39.9 Å². The molecule has 0 atom stereocenters. The maximum Gasteiger partial charge on any atom is 0.348 e. The minimum atomic E-state index is -0.538. The maximum absolute atomic E-state index is 12.4. The summed E-state index contributed by atoms with van der Waals surface area (Å²) in [6.45, 7) is 1.37. The molecule has 0 spiro atoms. The largest absolute Gasteiger partial charge is 0.457 e. The first-order valence-corrected chi connectivity index (χ1v) is 9.44. The van der Waals surface area contributed by atoms with Crippen LogP contribution < -0.4 is 10.9 Å². The summed E-state index contributed by atoms with van der Waals surface area (Å²) in [6, 6.07) is 8.24. The predicted octanol–water partition coefficient (Wildman–Crippen LogP) is 3.66. The van der Waals surface area contributed by atoms with Gasteiger partial charge in [-0.1, -0.05) is 0 Å². The molecule has 0 saturated carbocycles. The molecule has 1 N–H and O–H groups in total. The van der Waals surface area contributed by atoms with Gasteiger partial charge in [0.25, 0.3) is 0 Å². The van der Waals surface area contributed by atoms with Crippen LogP contribution in [0.15, 0.2) is 39.5 Å². The second-order valence-corrected chi connectivity index (χ2v) is 7.61. The van der Waals surface area contributed by atoms with Crippen LogP contribution in [0, 0.1) is 0 Å². The first-order chi connectivity index (χ1) is 13.0. The highest BCUT2D eigenvalue weighted by Crippen LogP contribution is 2.31. The highest BCUT2D eigenvalue weighted by molar-refractivity contribution is 7.14. The van der Waals surface area contributed by atoms with Crippen molar-refractivity contribution in [3.63, 3.8) is 0 Å². The van der Waals surface area contributed by atoms with E-state index >= 15 is 0 Å². The number of nitrogens with one attached hydrogen (secondary N) is 1. The summed E-state index contributed by atoms with van der Waals surface area (Å²) < 4.78 is 10.6. The molecule has 138 valence electrons. The van der Waals surface area contributed by atoms with E-state index in [9.17, 15) is 14.4 Å². The predicted molar refractivity (Wildman–Crippen MR) is 102 cm³/mol. The molecule has 0 aliphatic heterocycles. The molecule has 0 unspecified atom stereocenters. The topological polar surface area (TPSA) is 85.6 Å². The van der Waals surface area contributed by atoms with Gasteiger partial charge in [-0.3, -0.25) is 4.79 Å². The van der Waals surface area contributed by atoms with E-state index in [1.165, 1.54) is 34.8 Å². The average molecular weight is 383 g/mol. The maximum atomic E-state index is 12.4. The smallest absolute Gasteiger partial charge is 0.348 e. The molecule has 6 nitrogen and oxygen atoms in total. The third kappa shape index (κ3) is 3.64. The minimum Gasteiger partial charge on any atom is -0.457 e. The number of carbonyl (C=O) groups is 2. The Morgan fingerprint density at radius 3 is 2.85 bits per heavy atom. The Hall–Kier alpha value is -2.93. The van der Waals surface area contributed by atoms with Gasteiger partial charge in [0.1, 0.15) is 17.1 Å². The normalized spacial score (nSPS) is 12.8. The molecule has 1 aliphatic rings. The lowest BCUT2D eigenvalue weighted by Crippen LogP contribution is -2.08. The Labute approximate surface area is 158 Å². The standard InChI is InChI=1S/C20H17NO5S/c1-11(22)21-14-5-6-15-13(8-19(23)26-16(15)9-14)10-25-20(24)18-7-12-3-2-4-17(12)27-18/h5-9H,2-4,10H2,1H3,(H,21,22). The second-order valence-electron chi connectivity index (χ2n) is 6.47. The van der Waals surface area contributed by atoms with E-state index in [0.29, 0.717) is 27.1 Å². The van der Waals surface area contributed by atoms with Crippen LogP contribution in [0.2, 0.25) is 0 Å². The number of hydrogen-bond donors (Lipinski definition) is 1. The monoisotopic (exact) mass is 383 g/mol. The van der Waals surface area contributed by atoms with Crippen molar-refractivity contribution in [3.05, 3.63) is 61.6 Å². The molecule has 0 radical (unpaired) electrons. The fourth-order valence-corrected chi connectivity index (χ4v) is 4.42. The van der Waals surface area contributed by atoms with Gasteiger partial charge in [-0.15, -0.1) is 11.3 Å². The van der Waals surface area contributed by atoms with E-state index in [1.807, 2.05) is 6.07 Å². The Morgan fingerprint density at radius 1 is 1.22 bits per heavy atom. The fourth-order valence-electron chi connectivity index (χ4n) is 3.27. The quantitative estimate of drug-likeness (QED) is 0.549. The number of aryl methyl sites for hydroxylation is 2. The van der Waals surface area contributed by atoms with Gasteiger partial charge < -0.3 is 14.5 Å². The van der Waals surface area contributed by atoms with Crippen LogP contribution >= 0.6 is 11.3 Å². The van der Waals surface area contributed by atoms with E-state index in [2.05, 4.69) is 5.32 Å². The van der Waals surface area contributed by atoms with Crippen LogP contribution in [0.4, 0.5) is 5.69 Å². The summed E-state index contributed by atoms with van der Waals surface area (Å²) in [5.41, 5.74) is 2.12. The number of fused-ring (bicyclic) bond motifs is 2. The van der Waals surface area contributed by atoms with Crippen LogP contribution in [0.25, 0.3) is 11.0 Å². The molecule has 4 rings (SSSR count). The molecule has 2 aromatic heterocycles. The highest BCUT2D eigenvalue weighted by Gasteiger charge is 2.19. The molecule has 2 heterocycles. The van der Waals surface area contributed by atoms with Gasteiger partial charge in [-0.05, 0) is 43.0 Å². The van der Waals surface area contributed by atoms with E-state index in [1.54, 1.807) is 18.2 Å². The summed E-state index contributed by atoms with van der Waals surface area (Å²) >= 11 is 1.48. The van der Waals surface area contributed by atoms with Crippen molar-refractivity contribution < 1.29 is 18.7 Å². The zero-order chi connectivity index (χ0) is 19.0. The molecule has 1 aliphatic carbocycles. The molecule has 3 aromatic rings. The van der Waals surface area contributed by atoms with Crippen molar-refractivity contribution in [1.29, 1.82) is 0 Å². The molecule has 0 saturated heterocycles. The number of anilines is 1. The average Bonchev–Trinajstić information content (AvgIpc) is 3.20. The SMILES string of the molecule is CC(=O)Nc1ccc2c(COC(=O)c3cc4c(s3)CCC4)cc(=O)oc2c1. The number of benzene rings is 1. The van der Waals surface area contributed by atoms with Crippen LogP contribution in [-0.2, 0) is 29.0 Å². The van der Waals surface area contributed by atoms with E-state index < -0.39 is 5.63 Å². The fraction of sp³-hybridized carbons (Fsp3) is 0.250.